The van der Waals surface area contributed by atoms with E-state index in [9.17, 15) is 9.59 Å². The number of rotatable bonds is 5. The normalized spacial score (nSPS) is 15.5. The van der Waals surface area contributed by atoms with Crippen LogP contribution in [0.3, 0.4) is 0 Å². The Bertz CT molecular complexity index is 1350. The molecule has 9 heteroatoms. The molecule has 1 atom stereocenters. The molecule has 2 aromatic heterocycles. The van der Waals surface area contributed by atoms with E-state index in [-0.39, 0.29) is 11.8 Å². The largest absolute Gasteiger partial charge is 0.461 e. The summed E-state index contributed by atoms with van der Waals surface area (Å²) in [5.74, 6) is 0.690. The van der Waals surface area contributed by atoms with Crippen molar-refractivity contribution in [2.75, 3.05) is 10.2 Å². The second-order valence-electron chi connectivity index (χ2n) is 8.42. The molecule has 5 rings (SSSR count). The van der Waals surface area contributed by atoms with Crippen molar-refractivity contribution >= 4 is 35.0 Å². The number of nitrogens with one attached hydrogen (secondary N) is 1. The van der Waals surface area contributed by atoms with E-state index in [0.29, 0.717) is 28.1 Å². The quantitative estimate of drug-likeness (QED) is 0.420. The summed E-state index contributed by atoms with van der Waals surface area (Å²) in [5, 5.41) is 11.6. The lowest BCUT2D eigenvalue weighted by Crippen LogP contribution is -2.60. The Labute approximate surface area is 201 Å². The molecule has 0 bridgehead atoms. The molecule has 2 aromatic carbocycles. The van der Waals surface area contributed by atoms with Crippen molar-refractivity contribution in [3.8, 4) is 17.3 Å². The van der Waals surface area contributed by atoms with E-state index in [1.807, 2.05) is 66.1 Å². The highest BCUT2D eigenvalue weighted by atomic mass is 32.2. The molecule has 0 aliphatic carbocycles. The minimum Gasteiger partial charge on any atom is -0.461 e. The number of carbonyl (C=O) groups excluding carboxylic acids is 2. The third-order valence-corrected chi connectivity index (χ3v) is 6.78. The molecule has 1 aliphatic rings. The van der Waals surface area contributed by atoms with Crippen LogP contribution in [0.2, 0.25) is 0 Å². The summed E-state index contributed by atoms with van der Waals surface area (Å²) >= 11 is 1.29. The first-order chi connectivity index (χ1) is 16.4. The first kappa shape index (κ1) is 22.0. The summed E-state index contributed by atoms with van der Waals surface area (Å²) in [5.41, 5.74) is 1.09. The molecule has 0 fully saturated rings. The Kier molecular flexibility index (Phi) is 5.49. The molecule has 0 radical (unpaired) electrons. The molecule has 1 N–H and O–H groups in total. The lowest BCUT2D eigenvalue weighted by Gasteiger charge is -2.43. The van der Waals surface area contributed by atoms with Crippen LogP contribution in [-0.2, 0) is 9.59 Å². The highest BCUT2D eigenvalue weighted by molar-refractivity contribution is 8.00. The van der Waals surface area contributed by atoms with E-state index in [2.05, 4.69) is 15.5 Å². The van der Waals surface area contributed by atoms with E-state index in [4.69, 9.17) is 4.42 Å². The van der Waals surface area contributed by atoms with Crippen molar-refractivity contribution in [2.24, 2.45) is 0 Å². The van der Waals surface area contributed by atoms with Gasteiger partial charge in [-0.15, -0.1) is 10.2 Å². The number of thioether (sulfide) groups is 1. The van der Waals surface area contributed by atoms with Crippen LogP contribution in [0.1, 0.15) is 20.8 Å². The Morgan fingerprint density at radius 3 is 2.50 bits per heavy atom. The molecule has 3 heterocycles. The van der Waals surface area contributed by atoms with Gasteiger partial charge in [-0.1, -0.05) is 42.1 Å². The fourth-order valence-electron chi connectivity index (χ4n) is 3.96. The third kappa shape index (κ3) is 3.67. The van der Waals surface area contributed by atoms with Crippen LogP contribution in [-0.4, -0.2) is 37.4 Å². The van der Waals surface area contributed by atoms with Gasteiger partial charge in [0.2, 0.25) is 17.6 Å². The highest BCUT2D eigenvalue weighted by Crippen LogP contribution is 2.39. The predicted octanol–water partition coefficient (Wildman–Crippen LogP) is 4.77. The molecule has 0 saturated heterocycles. The number of furan rings is 1. The summed E-state index contributed by atoms with van der Waals surface area (Å²) < 4.78 is 7.44. The van der Waals surface area contributed by atoms with Gasteiger partial charge < -0.3 is 9.73 Å². The van der Waals surface area contributed by atoms with E-state index >= 15 is 0 Å². The fraction of sp³-hybridized carbons (Fsp3) is 0.200. The molecular formula is C25H23N5O3S. The zero-order valence-electron chi connectivity index (χ0n) is 18.9. The number of para-hydroxylation sites is 3. The van der Waals surface area contributed by atoms with Crippen molar-refractivity contribution in [3.63, 3.8) is 0 Å². The highest BCUT2D eigenvalue weighted by Gasteiger charge is 2.45. The first-order valence-electron chi connectivity index (χ1n) is 10.8. The fourth-order valence-corrected chi connectivity index (χ4v) is 4.87. The second-order valence-corrected chi connectivity index (χ2v) is 9.73. The van der Waals surface area contributed by atoms with Crippen LogP contribution in [0.4, 0.5) is 11.4 Å². The molecule has 0 spiro atoms. The average molecular weight is 474 g/mol. The summed E-state index contributed by atoms with van der Waals surface area (Å²) in [4.78, 5) is 28.1. The van der Waals surface area contributed by atoms with Gasteiger partial charge in [-0.3, -0.25) is 19.1 Å². The number of nitrogens with zero attached hydrogens (tertiary/aromatic N) is 4. The number of hydrogen-bond acceptors (Lipinski definition) is 6. The number of aromatic nitrogens is 3. The van der Waals surface area contributed by atoms with Gasteiger partial charge in [-0.25, -0.2) is 0 Å². The van der Waals surface area contributed by atoms with Crippen molar-refractivity contribution in [3.05, 3.63) is 73.0 Å². The molecule has 2 amide bonds. The first-order valence-corrected chi connectivity index (χ1v) is 11.7. The number of hydrogen-bond donors (Lipinski definition) is 1. The Balaban J connectivity index is 1.51. The van der Waals surface area contributed by atoms with Gasteiger partial charge in [0.15, 0.2) is 10.9 Å². The lowest BCUT2D eigenvalue weighted by molar-refractivity contribution is -0.126. The minimum absolute atomic E-state index is 0.195. The van der Waals surface area contributed by atoms with Crippen LogP contribution in [0.25, 0.3) is 17.3 Å². The summed E-state index contributed by atoms with van der Waals surface area (Å²) in [6.07, 6.45) is 1.58. The van der Waals surface area contributed by atoms with Gasteiger partial charge in [0.1, 0.15) is 5.54 Å². The molecule has 4 aromatic rings. The lowest BCUT2D eigenvalue weighted by atomic mass is 9.96. The number of carbonyl (C=O) groups is 2. The molecule has 172 valence electrons. The predicted molar refractivity (Wildman–Crippen MR) is 131 cm³/mol. The summed E-state index contributed by atoms with van der Waals surface area (Å²) in [6, 6.07) is 20.6. The van der Waals surface area contributed by atoms with Crippen LogP contribution >= 0.6 is 11.8 Å². The van der Waals surface area contributed by atoms with Gasteiger partial charge in [0, 0.05) is 5.69 Å². The standard InChI is InChI=1S/C25H23N5O3S/c1-16(22(31)30-19-13-8-7-12-18(19)26-23(32)25(30,2)3)34-24-28-27-21(20-14-9-15-33-20)29(24)17-10-5-4-6-11-17/h4-16H,1-3H3,(H,26,32)/t16-/m0/s1. The zero-order chi connectivity index (χ0) is 23.9. The van der Waals surface area contributed by atoms with E-state index in [1.54, 1.807) is 37.1 Å². The number of benzene rings is 2. The van der Waals surface area contributed by atoms with Gasteiger partial charge >= 0.3 is 0 Å². The monoisotopic (exact) mass is 473 g/mol. The third-order valence-electron chi connectivity index (χ3n) is 5.75. The molecule has 0 saturated carbocycles. The SMILES string of the molecule is C[C@H](Sc1nnc(-c2ccco2)n1-c1ccccc1)C(=O)N1c2ccccc2NC(=O)C1(C)C. The maximum Gasteiger partial charge on any atom is 0.250 e. The Hall–Kier alpha value is -3.85. The van der Waals surface area contributed by atoms with Crippen molar-refractivity contribution in [2.45, 2.75) is 36.7 Å². The van der Waals surface area contributed by atoms with Gasteiger partial charge in [0.05, 0.1) is 22.9 Å². The van der Waals surface area contributed by atoms with Crippen LogP contribution in [0, 0.1) is 0 Å². The van der Waals surface area contributed by atoms with Crippen molar-refractivity contribution in [1.29, 1.82) is 0 Å². The smallest absolute Gasteiger partial charge is 0.250 e. The molecule has 8 nitrogen and oxygen atoms in total. The topological polar surface area (TPSA) is 93.3 Å². The Morgan fingerprint density at radius 2 is 1.76 bits per heavy atom. The van der Waals surface area contributed by atoms with E-state index in [0.717, 1.165) is 5.69 Å². The van der Waals surface area contributed by atoms with E-state index < -0.39 is 10.8 Å². The van der Waals surface area contributed by atoms with E-state index in [1.165, 1.54) is 11.8 Å². The van der Waals surface area contributed by atoms with Crippen LogP contribution < -0.4 is 10.2 Å². The van der Waals surface area contributed by atoms with Gasteiger partial charge in [-0.2, -0.15) is 0 Å². The van der Waals surface area contributed by atoms with Crippen LogP contribution in [0.15, 0.2) is 82.6 Å². The molecular weight excluding hydrogens is 450 g/mol. The van der Waals surface area contributed by atoms with Crippen molar-refractivity contribution in [1.82, 2.24) is 14.8 Å². The maximum absolute atomic E-state index is 13.8. The maximum atomic E-state index is 13.8. The average Bonchev–Trinajstić information content (AvgIpc) is 3.50. The number of anilines is 2. The Morgan fingerprint density at radius 1 is 1.03 bits per heavy atom. The number of amides is 2. The van der Waals surface area contributed by atoms with Crippen molar-refractivity contribution < 1.29 is 14.0 Å². The summed E-state index contributed by atoms with van der Waals surface area (Å²) in [6.45, 7) is 5.30. The second kappa shape index (κ2) is 8.49. The molecule has 1 aliphatic heterocycles. The van der Waals surface area contributed by atoms with Crippen LogP contribution in [0.5, 0.6) is 0 Å². The molecule has 0 unspecified atom stereocenters. The number of fused-ring (bicyclic) bond motifs is 1. The van der Waals surface area contributed by atoms with Gasteiger partial charge in [0.25, 0.3) is 0 Å². The summed E-state index contributed by atoms with van der Waals surface area (Å²) in [7, 11) is 0. The minimum atomic E-state index is -1.05. The molecule has 34 heavy (non-hydrogen) atoms. The zero-order valence-corrected chi connectivity index (χ0v) is 19.7. The van der Waals surface area contributed by atoms with Gasteiger partial charge in [-0.05, 0) is 57.2 Å².